The molecule has 0 bridgehead atoms. The molecule has 1 nitrogen and oxygen atoms in total. The van der Waals surface area contributed by atoms with E-state index in [4.69, 9.17) is 18.0 Å². The maximum Gasteiger partial charge on any atom is 0.0845 e. The van der Waals surface area contributed by atoms with Crippen LogP contribution in [0.4, 0.5) is 5.69 Å². The van der Waals surface area contributed by atoms with Crippen molar-refractivity contribution < 1.29 is 0 Å². The molecular formula is C11H12ClN. The Morgan fingerprint density at radius 3 is 2.77 bits per heavy atom. The summed E-state index contributed by atoms with van der Waals surface area (Å²) in [6.07, 6.45) is 5.24. The fraction of sp³-hybridized carbons (Fsp3) is 0.273. The Hall–Kier alpha value is -1.13. The fourth-order valence-electron chi connectivity index (χ4n) is 0.974. The molecule has 0 aliphatic rings. The van der Waals surface area contributed by atoms with Crippen molar-refractivity contribution in [3.8, 4) is 12.3 Å². The molecule has 1 atom stereocenters. The number of nitrogens with one attached hydrogen (secondary N) is 1. The number of anilines is 1. The average Bonchev–Trinajstić information content (AvgIpc) is 2.11. The lowest BCUT2D eigenvalue weighted by Crippen LogP contribution is -2.11. The van der Waals surface area contributed by atoms with E-state index in [1.807, 2.05) is 32.0 Å². The van der Waals surface area contributed by atoms with Crippen LogP contribution in [-0.2, 0) is 0 Å². The van der Waals surface area contributed by atoms with Crippen molar-refractivity contribution in [1.29, 1.82) is 0 Å². The summed E-state index contributed by atoms with van der Waals surface area (Å²) in [5, 5.41) is 3.90. The molecule has 1 aromatic rings. The molecule has 0 aliphatic heterocycles. The second kappa shape index (κ2) is 4.20. The van der Waals surface area contributed by atoms with Crippen molar-refractivity contribution in [3.05, 3.63) is 28.8 Å². The van der Waals surface area contributed by atoms with Gasteiger partial charge in [-0.05, 0) is 31.5 Å². The van der Waals surface area contributed by atoms with Crippen molar-refractivity contribution in [2.75, 3.05) is 5.32 Å². The minimum atomic E-state index is 0.0266. The van der Waals surface area contributed by atoms with Crippen LogP contribution in [0.1, 0.15) is 12.5 Å². The smallest absolute Gasteiger partial charge is 0.0845 e. The molecule has 1 unspecified atom stereocenters. The van der Waals surface area contributed by atoms with E-state index < -0.39 is 0 Å². The van der Waals surface area contributed by atoms with Crippen LogP contribution in [0, 0.1) is 19.3 Å². The van der Waals surface area contributed by atoms with Gasteiger partial charge in [0, 0.05) is 10.7 Å². The number of benzene rings is 1. The van der Waals surface area contributed by atoms with E-state index in [2.05, 4.69) is 11.2 Å². The molecule has 1 N–H and O–H groups in total. The molecule has 0 saturated heterocycles. The summed E-state index contributed by atoms with van der Waals surface area (Å²) in [5.41, 5.74) is 2.03. The zero-order valence-corrected chi connectivity index (χ0v) is 8.52. The topological polar surface area (TPSA) is 12.0 Å². The summed E-state index contributed by atoms with van der Waals surface area (Å²) in [6.45, 7) is 3.89. The molecule has 0 heterocycles. The van der Waals surface area contributed by atoms with Gasteiger partial charge in [0.2, 0.25) is 0 Å². The summed E-state index contributed by atoms with van der Waals surface area (Å²) in [4.78, 5) is 0. The molecule has 0 radical (unpaired) electrons. The van der Waals surface area contributed by atoms with Crippen LogP contribution in [0.3, 0.4) is 0 Å². The van der Waals surface area contributed by atoms with Gasteiger partial charge in [0.25, 0.3) is 0 Å². The minimum absolute atomic E-state index is 0.0266. The standard InChI is InChI=1S/C11H12ClN/c1-4-9(3)13-10-6-5-8(2)11(12)7-10/h1,5-7,9,13H,2-3H3. The second-order valence-corrected chi connectivity index (χ2v) is 3.40. The van der Waals surface area contributed by atoms with E-state index in [9.17, 15) is 0 Å². The van der Waals surface area contributed by atoms with Crippen molar-refractivity contribution in [2.45, 2.75) is 19.9 Å². The molecule has 68 valence electrons. The molecule has 0 fully saturated rings. The first-order valence-electron chi connectivity index (χ1n) is 4.12. The Labute approximate surface area is 84.1 Å². The second-order valence-electron chi connectivity index (χ2n) is 3.00. The Morgan fingerprint density at radius 2 is 2.23 bits per heavy atom. The van der Waals surface area contributed by atoms with Crippen LogP contribution in [0.5, 0.6) is 0 Å². The average molecular weight is 194 g/mol. The molecule has 2 heteroatoms. The zero-order chi connectivity index (χ0) is 9.84. The van der Waals surface area contributed by atoms with Crippen LogP contribution in [0.2, 0.25) is 5.02 Å². The number of hydrogen-bond acceptors (Lipinski definition) is 1. The van der Waals surface area contributed by atoms with Crippen LogP contribution in [0.25, 0.3) is 0 Å². The number of aryl methyl sites for hydroxylation is 1. The van der Waals surface area contributed by atoms with Crippen molar-refractivity contribution in [2.24, 2.45) is 0 Å². The third-order valence-corrected chi connectivity index (χ3v) is 2.21. The molecule has 0 aliphatic carbocycles. The predicted molar refractivity (Wildman–Crippen MR) is 58.1 cm³/mol. The number of halogens is 1. The SMILES string of the molecule is C#CC(C)Nc1ccc(C)c(Cl)c1. The van der Waals surface area contributed by atoms with Gasteiger partial charge in [-0.2, -0.15) is 0 Å². The molecular weight excluding hydrogens is 182 g/mol. The number of hydrogen-bond donors (Lipinski definition) is 1. The first-order chi connectivity index (χ1) is 6.13. The van der Waals surface area contributed by atoms with Gasteiger partial charge < -0.3 is 5.32 Å². The normalized spacial score (nSPS) is 11.8. The Balaban J connectivity index is 2.81. The molecule has 13 heavy (non-hydrogen) atoms. The van der Waals surface area contributed by atoms with Gasteiger partial charge in [0.05, 0.1) is 6.04 Å². The highest BCUT2D eigenvalue weighted by Crippen LogP contribution is 2.20. The lowest BCUT2D eigenvalue weighted by molar-refractivity contribution is 1.04. The molecule has 0 spiro atoms. The third-order valence-electron chi connectivity index (χ3n) is 1.81. The number of terminal acetylenes is 1. The Morgan fingerprint density at radius 1 is 1.54 bits per heavy atom. The molecule has 0 amide bonds. The highest BCUT2D eigenvalue weighted by Gasteiger charge is 1.99. The monoisotopic (exact) mass is 193 g/mol. The lowest BCUT2D eigenvalue weighted by Gasteiger charge is -2.09. The zero-order valence-electron chi connectivity index (χ0n) is 7.76. The van der Waals surface area contributed by atoms with Gasteiger partial charge in [-0.3, -0.25) is 0 Å². The maximum atomic E-state index is 5.95. The van der Waals surface area contributed by atoms with E-state index in [0.29, 0.717) is 0 Å². The highest BCUT2D eigenvalue weighted by atomic mass is 35.5. The van der Waals surface area contributed by atoms with Crippen molar-refractivity contribution in [3.63, 3.8) is 0 Å². The molecule has 0 saturated carbocycles. The summed E-state index contributed by atoms with van der Waals surface area (Å²) in [5.74, 6) is 2.59. The molecule has 1 aromatic carbocycles. The van der Waals surface area contributed by atoms with E-state index in [0.717, 1.165) is 16.3 Å². The first kappa shape index (κ1) is 9.95. The summed E-state index contributed by atoms with van der Waals surface area (Å²) in [7, 11) is 0. The van der Waals surface area contributed by atoms with Crippen LogP contribution in [0.15, 0.2) is 18.2 Å². The van der Waals surface area contributed by atoms with E-state index in [-0.39, 0.29) is 6.04 Å². The van der Waals surface area contributed by atoms with Gasteiger partial charge in [-0.15, -0.1) is 6.42 Å². The largest absolute Gasteiger partial charge is 0.372 e. The van der Waals surface area contributed by atoms with Gasteiger partial charge in [-0.25, -0.2) is 0 Å². The Bertz CT molecular complexity index is 338. The Kier molecular flexibility index (Phi) is 3.22. The summed E-state index contributed by atoms with van der Waals surface area (Å²) < 4.78 is 0. The van der Waals surface area contributed by atoms with E-state index in [1.54, 1.807) is 0 Å². The van der Waals surface area contributed by atoms with Crippen molar-refractivity contribution in [1.82, 2.24) is 0 Å². The van der Waals surface area contributed by atoms with Gasteiger partial charge in [0.15, 0.2) is 0 Å². The van der Waals surface area contributed by atoms with Gasteiger partial charge in [-0.1, -0.05) is 23.6 Å². The van der Waals surface area contributed by atoms with Gasteiger partial charge in [0.1, 0.15) is 0 Å². The third kappa shape index (κ3) is 2.68. The minimum Gasteiger partial charge on any atom is -0.372 e. The molecule has 0 aromatic heterocycles. The molecule has 1 rings (SSSR count). The first-order valence-corrected chi connectivity index (χ1v) is 4.50. The number of rotatable bonds is 2. The maximum absolute atomic E-state index is 5.95. The quantitative estimate of drug-likeness (QED) is 0.712. The van der Waals surface area contributed by atoms with Crippen LogP contribution >= 0.6 is 11.6 Å². The van der Waals surface area contributed by atoms with Crippen LogP contribution in [-0.4, -0.2) is 6.04 Å². The van der Waals surface area contributed by atoms with E-state index in [1.165, 1.54) is 0 Å². The summed E-state index contributed by atoms with van der Waals surface area (Å²) in [6, 6.07) is 5.84. The van der Waals surface area contributed by atoms with Crippen molar-refractivity contribution >= 4 is 17.3 Å². The predicted octanol–water partition coefficient (Wildman–Crippen LogP) is 3.08. The lowest BCUT2D eigenvalue weighted by atomic mass is 10.2. The van der Waals surface area contributed by atoms with Gasteiger partial charge >= 0.3 is 0 Å². The fourth-order valence-corrected chi connectivity index (χ4v) is 1.15. The highest BCUT2D eigenvalue weighted by molar-refractivity contribution is 6.31. The van der Waals surface area contributed by atoms with E-state index >= 15 is 0 Å². The summed E-state index contributed by atoms with van der Waals surface area (Å²) >= 11 is 5.95. The van der Waals surface area contributed by atoms with Crippen LogP contribution < -0.4 is 5.32 Å².